The number of ether oxygens (including phenoxy) is 4. The van der Waals surface area contributed by atoms with Crippen LogP contribution in [0.4, 0.5) is 0 Å². The number of hydrogen-bond donors (Lipinski definition) is 0. The minimum absolute atomic E-state index is 0.0207. The molecule has 2 aliphatic heterocycles. The molecule has 0 unspecified atom stereocenters. The summed E-state index contributed by atoms with van der Waals surface area (Å²) in [5.41, 5.74) is 10.9. The maximum atomic E-state index is 12.6. The number of Topliss-reactive ketones (excluding diaryl/α,β-unsaturated/α-hetero) is 1. The van der Waals surface area contributed by atoms with Gasteiger partial charge < -0.3 is 24.5 Å². The lowest BCUT2D eigenvalue weighted by Gasteiger charge is -2.33. The number of hydrogen-bond acceptors (Lipinski definition) is 5. The van der Waals surface area contributed by atoms with Crippen molar-refractivity contribution in [1.29, 1.82) is 0 Å². The number of carbonyl (C=O) groups is 1. The summed E-state index contributed by atoms with van der Waals surface area (Å²) in [6, 6.07) is 7.66. The predicted octanol–water partition coefficient (Wildman–Crippen LogP) is 2.30. The first-order valence-electron chi connectivity index (χ1n) is 9.05. The van der Waals surface area contributed by atoms with Gasteiger partial charge in [-0.1, -0.05) is 18.2 Å². The Labute approximate surface area is 157 Å². The molecule has 2 saturated heterocycles. The quantitative estimate of drug-likeness (QED) is 0.586. The summed E-state index contributed by atoms with van der Waals surface area (Å²) < 4.78 is 23.4. The standard InChI is InChI=1S/C20H22N2O5/c1-24-13-8-6-12(7-9-13)11-26-19-15-5-3-4-14-17(23)16(22-21)10-20(19,25-2)27-18(14)15/h4,6-9,15,18-19H,3,5,10-11H2,1-2H3/t15-,18+,19-,20+/m1/s1. The van der Waals surface area contributed by atoms with Crippen molar-refractivity contribution in [3.8, 4) is 5.75 Å². The normalized spacial score (nSPS) is 31.9. The average molecular weight is 370 g/mol. The Morgan fingerprint density at radius 1 is 1.30 bits per heavy atom. The van der Waals surface area contributed by atoms with E-state index in [1.54, 1.807) is 7.11 Å². The largest absolute Gasteiger partial charge is 0.497 e. The summed E-state index contributed by atoms with van der Waals surface area (Å²) in [5.74, 6) is -0.598. The number of fused-ring (bicyclic) bond motifs is 1. The van der Waals surface area contributed by atoms with Gasteiger partial charge in [-0.25, -0.2) is 0 Å². The van der Waals surface area contributed by atoms with Gasteiger partial charge in [0.2, 0.25) is 5.79 Å². The van der Waals surface area contributed by atoms with E-state index in [-0.39, 0.29) is 29.9 Å². The number of carbonyl (C=O) groups excluding carboxylic acids is 1. The summed E-state index contributed by atoms with van der Waals surface area (Å²) in [6.07, 6.45) is 2.77. The lowest BCUT2D eigenvalue weighted by atomic mass is 9.77. The molecule has 0 saturated carbocycles. The monoisotopic (exact) mass is 370 g/mol. The van der Waals surface area contributed by atoms with Crippen LogP contribution in [0.25, 0.3) is 5.53 Å². The van der Waals surface area contributed by atoms with Gasteiger partial charge in [-0.15, -0.1) is 0 Å². The smallest absolute Gasteiger partial charge is 0.344 e. The molecule has 4 rings (SSSR count). The van der Waals surface area contributed by atoms with E-state index in [2.05, 4.69) is 4.79 Å². The second-order valence-electron chi connectivity index (χ2n) is 7.09. The van der Waals surface area contributed by atoms with E-state index in [1.807, 2.05) is 30.3 Å². The Kier molecular flexibility index (Phi) is 4.70. The maximum absolute atomic E-state index is 12.6. The molecule has 1 aromatic rings. The molecule has 3 aliphatic rings. The molecule has 27 heavy (non-hydrogen) atoms. The fourth-order valence-corrected chi connectivity index (χ4v) is 4.32. The minimum atomic E-state index is -1.14. The SMILES string of the molecule is COc1ccc(CO[C@@H]2[C@@H]3CCC=C4C(=O)C(=[N+]=[N-])C[C@]2(OC)O[C@@H]43)cc1. The number of rotatable bonds is 5. The van der Waals surface area contributed by atoms with Crippen molar-refractivity contribution in [1.82, 2.24) is 0 Å². The van der Waals surface area contributed by atoms with Crippen molar-refractivity contribution < 1.29 is 28.5 Å². The minimum Gasteiger partial charge on any atom is -0.497 e. The van der Waals surface area contributed by atoms with Crippen LogP contribution >= 0.6 is 0 Å². The first-order chi connectivity index (χ1) is 13.1. The van der Waals surface area contributed by atoms with Crippen LogP contribution in [0, 0.1) is 5.92 Å². The van der Waals surface area contributed by atoms with Gasteiger partial charge in [0, 0.05) is 18.6 Å². The number of nitrogens with zero attached hydrogens (tertiary/aromatic N) is 2. The number of ketones is 1. The van der Waals surface area contributed by atoms with E-state index in [4.69, 9.17) is 18.9 Å². The highest BCUT2D eigenvalue weighted by Gasteiger charge is 2.63. The maximum Gasteiger partial charge on any atom is 0.344 e. The molecular formula is C20H22N2O5. The van der Waals surface area contributed by atoms with Crippen LogP contribution in [0.5, 0.6) is 5.75 Å². The highest BCUT2D eigenvalue weighted by molar-refractivity contribution is 6.44. The number of methoxy groups -OCH3 is 2. The molecule has 7 heteroatoms. The molecule has 142 valence electrons. The summed E-state index contributed by atoms with van der Waals surface area (Å²) in [6.45, 7) is 0.380. The third-order valence-electron chi connectivity index (χ3n) is 5.70. The predicted molar refractivity (Wildman–Crippen MR) is 95.2 cm³/mol. The van der Waals surface area contributed by atoms with Crippen LogP contribution in [-0.2, 0) is 25.6 Å². The zero-order valence-electron chi connectivity index (χ0n) is 15.4. The van der Waals surface area contributed by atoms with E-state index in [0.717, 1.165) is 24.2 Å². The van der Waals surface area contributed by atoms with E-state index >= 15 is 0 Å². The third-order valence-corrected chi connectivity index (χ3v) is 5.70. The fourth-order valence-electron chi connectivity index (χ4n) is 4.32. The van der Waals surface area contributed by atoms with Crippen molar-refractivity contribution in [2.24, 2.45) is 5.92 Å². The number of allylic oxidation sites excluding steroid dienone is 1. The van der Waals surface area contributed by atoms with Crippen molar-refractivity contribution in [3.05, 3.63) is 47.0 Å². The lowest BCUT2D eigenvalue weighted by molar-refractivity contribution is -0.248. The zero-order valence-corrected chi connectivity index (χ0v) is 15.4. The highest BCUT2D eigenvalue weighted by Crippen LogP contribution is 2.49. The van der Waals surface area contributed by atoms with Gasteiger partial charge in [0.25, 0.3) is 5.78 Å². The molecule has 0 spiro atoms. The molecule has 1 aromatic carbocycles. The van der Waals surface area contributed by atoms with E-state index in [1.165, 1.54) is 7.11 Å². The molecule has 7 nitrogen and oxygen atoms in total. The van der Waals surface area contributed by atoms with Crippen molar-refractivity contribution >= 4 is 11.5 Å². The second-order valence-corrected chi connectivity index (χ2v) is 7.09. The summed E-state index contributed by atoms with van der Waals surface area (Å²) in [5, 5.41) is 0. The van der Waals surface area contributed by atoms with Gasteiger partial charge in [-0.3, -0.25) is 4.79 Å². The molecule has 2 fully saturated rings. The molecule has 1 aliphatic carbocycles. The Bertz CT molecular complexity index is 827. The first kappa shape index (κ1) is 18.1. The van der Waals surface area contributed by atoms with Crippen LogP contribution in [0.1, 0.15) is 24.8 Å². The van der Waals surface area contributed by atoms with E-state index in [0.29, 0.717) is 12.2 Å². The van der Waals surface area contributed by atoms with Gasteiger partial charge in [0.15, 0.2) is 0 Å². The van der Waals surface area contributed by atoms with Crippen molar-refractivity contribution in [2.75, 3.05) is 14.2 Å². The fraction of sp³-hybridized carbons (Fsp3) is 0.500. The Morgan fingerprint density at radius 2 is 2.07 bits per heavy atom. The molecule has 2 bridgehead atoms. The molecule has 0 amide bonds. The molecule has 0 N–H and O–H groups in total. The van der Waals surface area contributed by atoms with Gasteiger partial charge in [-0.2, -0.15) is 4.79 Å². The van der Waals surface area contributed by atoms with Crippen LogP contribution < -0.4 is 4.74 Å². The van der Waals surface area contributed by atoms with Crippen LogP contribution in [-0.4, -0.2) is 48.5 Å². The van der Waals surface area contributed by atoms with Crippen molar-refractivity contribution in [3.63, 3.8) is 0 Å². The van der Waals surface area contributed by atoms with Gasteiger partial charge in [0.1, 0.15) is 18.3 Å². The van der Waals surface area contributed by atoms with Gasteiger partial charge >= 0.3 is 5.71 Å². The third kappa shape index (κ3) is 2.93. The summed E-state index contributed by atoms with van der Waals surface area (Å²) >= 11 is 0. The highest BCUT2D eigenvalue weighted by atomic mass is 16.7. The molecule has 2 heterocycles. The molecule has 0 radical (unpaired) electrons. The van der Waals surface area contributed by atoms with Gasteiger partial charge in [0.05, 0.1) is 19.8 Å². The topological polar surface area (TPSA) is 90.4 Å². The Morgan fingerprint density at radius 3 is 2.74 bits per heavy atom. The Hall–Kier alpha value is -2.31. The molecular weight excluding hydrogens is 348 g/mol. The molecule has 4 atom stereocenters. The second kappa shape index (κ2) is 7.02. The van der Waals surface area contributed by atoms with E-state index < -0.39 is 11.9 Å². The van der Waals surface area contributed by atoms with Gasteiger partial charge in [-0.05, 0) is 30.5 Å². The lowest BCUT2D eigenvalue weighted by Crippen LogP contribution is -2.48. The van der Waals surface area contributed by atoms with Crippen molar-refractivity contribution in [2.45, 2.75) is 43.9 Å². The van der Waals surface area contributed by atoms with Crippen LogP contribution in [0.2, 0.25) is 0 Å². The molecule has 0 aromatic heterocycles. The first-order valence-corrected chi connectivity index (χ1v) is 9.05. The van der Waals surface area contributed by atoms with Crippen LogP contribution in [0.15, 0.2) is 35.9 Å². The summed E-state index contributed by atoms with van der Waals surface area (Å²) in [7, 11) is 3.16. The number of benzene rings is 1. The van der Waals surface area contributed by atoms with Crippen LogP contribution in [0.3, 0.4) is 0 Å². The average Bonchev–Trinajstić information content (AvgIpc) is 2.96. The van der Waals surface area contributed by atoms with E-state index in [9.17, 15) is 10.3 Å². The zero-order chi connectivity index (χ0) is 19.0. The summed E-state index contributed by atoms with van der Waals surface area (Å²) in [4.78, 5) is 15.9. The Balaban J connectivity index is 1.63.